The van der Waals surface area contributed by atoms with Gasteiger partial charge in [0.25, 0.3) is 0 Å². The fraction of sp³-hybridized carbons (Fsp3) is 0.526. The highest BCUT2D eigenvalue weighted by molar-refractivity contribution is 7.17. The minimum Gasteiger partial charge on any atom is -0.481 e. The number of rotatable bonds is 5. The second-order valence-electron chi connectivity index (χ2n) is 7.11. The van der Waals surface area contributed by atoms with E-state index in [9.17, 15) is 19.5 Å². The number of nitrogens with one attached hydrogen (secondary N) is 1. The van der Waals surface area contributed by atoms with Gasteiger partial charge in [-0.2, -0.15) is 0 Å². The number of thiophene rings is 1. The Morgan fingerprint density at radius 2 is 1.96 bits per heavy atom. The molecule has 0 saturated heterocycles. The first-order valence-electron chi connectivity index (χ1n) is 9.05. The Bertz CT molecular complexity index is 811. The molecule has 1 heterocycles. The molecule has 0 radical (unpaired) electrons. The number of aliphatic carboxylic acids is 1. The third kappa shape index (κ3) is 2.65. The van der Waals surface area contributed by atoms with Crippen molar-refractivity contribution in [2.75, 3.05) is 11.9 Å². The number of esters is 1. The van der Waals surface area contributed by atoms with Crippen molar-refractivity contribution < 1.29 is 24.2 Å². The van der Waals surface area contributed by atoms with Gasteiger partial charge in [-0.3, -0.25) is 9.59 Å². The highest BCUT2D eigenvalue weighted by Gasteiger charge is 2.51. The van der Waals surface area contributed by atoms with E-state index >= 15 is 0 Å². The number of aryl methyl sites for hydroxylation is 1. The smallest absolute Gasteiger partial charge is 0.341 e. The molecule has 0 spiro atoms. The first kappa shape index (κ1) is 17.3. The normalized spacial score (nSPS) is 28.2. The van der Waals surface area contributed by atoms with Gasteiger partial charge in [0.15, 0.2) is 0 Å². The summed E-state index contributed by atoms with van der Waals surface area (Å²) in [6, 6.07) is 0. The molecular weight excluding hydrogens is 354 g/mol. The van der Waals surface area contributed by atoms with E-state index in [-0.39, 0.29) is 24.3 Å². The molecule has 4 rings (SSSR count). The molecule has 4 atom stereocenters. The number of anilines is 1. The number of carbonyl (C=O) groups is 3. The number of fused-ring (bicyclic) bond motifs is 3. The molecule has 26 heavy (non-hydrogen) atoms. The van der Waals surface area contributed by atoms with E-state index in [0.29, 0.717) is 17.0 Å². The van der Waals surface area contributed by atoms with Crippen molar-refractivity contribution in [3.05, 3.63) is 28.2 Å². The summed E-state index contributed by atoms with van der Waals surface area (Å²) in [5.41, 5.74) is 1.44. The van der Waals surface area contributed by atoms with Gasteiger partial charge in [0.05, 0.1) is 24.0 Å². The van der Waals surface area contributed by atoms with Crippen LogP contribution in [0, 0.1) is 23.7 Å². The predicted molar refractivity (Wildman–Crippen MR) is 96.3 cm³/mol. The van der Waals surface area contributed by atoms with E-state index in [1.54, 1.807) is 6.92 Å². The molecule has 2 bridgehead atoms. The molecule has 0 aromatic carbocycles. The van der Waals surface area contributed by atoms with Crippen molar-refractivity contribution in [1.29, 1.82) is 0 Å². The van der Waals surface area contributed by atoms with Crippen LogP contribution in [0.15, 0.2) is 12.2 Å². The quantitative estimate of drug-likeness (QED) is 0.610. The molecular formula is C19H21NO5S. The third-order valence-corrected chi connectivity index (χ3v) is 6.89. The van der Waals surface area contributed by atoms with Gasteiger partial charge >= 0.3 is 11.9 Å². The fourth-order valence-corrected chi connectivity index (χ4v) is 5.90. The monoisotopic (exact) mass is 375 g/mol. The summed E-state index contributed by atoms with van der Waals surface area (Å²) in [5.74, 6) is -3.05. The number of amides is 1. The number of hydrogen-bond acceptors (Lipinski definition) is 5. The van der Waals surface area contributed by atoms with Crippen molar-refractivity contribution in [1.82, 2.24) is 0 Å². The van der Waals surface area contributed by atoms with Gasteiger partial charge in [0.1, 0.15) is 5.00 Å². The zero-order chi connectivity index (χ0) is 18.4. The number of ether oxygens (including phenoxy) is 1. The topological polar surface area (TPSA) is 92.7 Å². The minimum atomic E-state index is -0.929. The lowest BCUT2D eigenvalue weighted by molar-refractivity contribution is -0.146. The average molecular weight is 375 g/mol. The molecule has 1 aromatic rings. The van der Waals surface area contributed by atoms with Gasteiger partial charge in [0.2, 0.25) is 5.91 Å². The average Bonchev–Trinajstić information content (AvgIpc) is 3.33. The van der Waals surface area contributed by atoms with Crippen LogP contribution >= 0.6 is 11.3 Å². The van der Waals surface area contributed by atoms with Crippen LogP contribution in [0.4, 0.5) is 5.00 Å². The van der Waals surface area contributed by atoms with E-state index in [0.717, 1.165) is 29.7 Å². The molecule has 1 amide bonds. The largest absolute Gasteiger partial charge is 0.481 e. The summed E-state index contributed by atoms with van der Waals surface area (Å²) in [5, 5.41) is 12.9. The fourth-order valence-electron chi connectivity index (χ4n) is 4.62. The molecule has 3 aliphatic rings. The van der Waals surface area contributed by atoms with Crippen LogP contribution in [0.1, 0.15) is 40.6 Å². The first-order valence-corrected chi connectivity index (χ1v) is 9.86. The molecule has 0 aliphatic heterocycles. The molecule has 1 fully saturated rings. The van der Waals surface area contributed by atoms with E-state index in [1.165, 1.54) is 11.3 Å². The standard InChI is InChI=1S/C19H21NO5S/c1-2-25-19(24)15-11-4-3-5-12(11)26-17(15)20-16(21)13-9-6-7-10(8-9)14(13)18(22)23/h6-7,9-10,13-14H,2-5,8H2,1H3,(H,20,21)(H,22,23)/t9-,10-,13+,14+/m0/s1. The maximum absolute atomic E-state index is 12.9. The van der Waals surface area contributed by atoms with E-state index in [2.05, 4.69) is 5.32 Å². The van der Waals surface area contributed by atoms with Crippen LogP contribution < -0.4 is 5.32 Å². The highest BCUT2D eigenvalue weighted by Crippen LogP contribution is 2.49. The zero-order valence-electron chi connectivity index (χ0n) is 14.5. The zero-order valence-corrected chi connectivity index (χ0v) is 15.3. The Balaban J connectivity index is 1.61. The third-order valence-electron chi connectivity index (χ3n) is 5.68. The second kappa shape index (κ2) is 6.54. The van der Waals surface area contributed by atoms with Crippen molar-refractivity contribution in [2.24, 2.45) is 23.7 Å². The number of carbonyl (C=O) groups excluding carboxylic acids is 2. The van der Waals surface area contributed by atoms with E-state index in [1.807, 2.05) is 12.2 Å². The Kier molecular flexibility index (Phi) is 4.34. The van der Waals surface area contributed by atoms with Gasteiger partial charge in [-0.1, -0.05) is 12.2 Å². The predicted octanol–water partition coefficient (Wildman–Crippen LogP) is 2.87. The van der Waals surface area contributed by atoms with E-state index < -0.39 is 23.8 Å². The number of hydrogen-bond donors (Lipinski definition) is 2. The molecule has 2 N–H and O–H groups in total. The lowest BCUT2D eigenvalue weighted by Crippen LogP contribution is -2.36. The van der Waals surface area contributed by atoms with Crippen LogP contribution in [-0.4, -0.2) is 29.6 Å². The molecule has 1 saturated carbocycles. The van der Waals surface area contributed by atoms with Gasteiger partial charge in [-0.05, 0) is 50.0 Å². The van der Waals surface area contributed by atoms with Crippen molar-refractivity contribution in [3.63, 3.8) is 0 Å². The Labute approximate surface area is 155 Å². The molecule has 7 heteroatoms. The van der Waals surface area contributed by atoms with Crippen LogP contribution in [0.25, 0.3) is 0 Å². The lowest BCUT2D eigenvalue weighted by atomic mass is 9.82. The second-order valence-corrected chi connectivity index (χ2v) is 8.21. The van der Waals surface area contributed by atoms with Crippen molar-refractivity contribution >= 4 is 34.2 Å². The summed E-state index contributed by atoms with van der Waals surface area (Å²) in [4.78, 5) is 38.1. The van der Waals surface area contributed by atoms with Crippen LogP contribution in [0.2, 0.25) is 0 Å². The molecule has 3 aliphatic carbocycles. The number of carboxylic acid groups (broad SMARTS) is 1. The molecule has 6 nitrogen and oxygen atoms in total. The SMILES string of the molecule is CCOC(=O)c1c(NC(=O)[C@H]2[C@H](C(=O)O)[C@H]3C=C[C@H]2C3)sc2c1CCC2. The van der Waals surface area contributed by atoms with Gasteiger partial charge < -0.3 is 15.2 Å². The summed E-state index contributed by atoms with van der Waals surface area (Å²) < 4.78 is 5.18. The Morgan fingerprint density at radius 3 is 2.65 bits per heavy atom. The summed E-state index contributed by atoms with van der Waals surface area (Å²) in [6.45, 7) is 2.02. The van der Waals surface area contributed by atoms with Gasteiger partial charge in [0, 0.05) is 4.88 Å². The summed E-state index contributed by atoms with van der Waals surface area (Å²) in [7, 11) is 0. The maximum atomic E-state index is 12.9. The maximum Gasteiger partial charge on any atom is 0.341 e. The van der Waals surface area contributed by atoms with Crippen molar-refractivity contribution in [3.8, 4) is 0 Å². The number of allylic oxidation sites excluding steroid dienone is 2. The van der Waals surface area contributed by atoms with Gasteiger partial charge in [-0.15, -0.1) is 11.3 Å². The Morgan fingerprint density at radius 1 is 1.23 bits per heavy atom. The molecule has 138 valence electrons. The number of carboxylic acids is 1. The summed E-state index contributed by atoms with van der Waals surface area (Å²) >= 11 is 1.42. The first-order chi connectivity index (χ1) is 12.5. The van der Waals surface area contributed by atoms with Gasteiger partial charge in [-0.25, -0.2) is 4.79 Å². The van der Waals surface area contributed by atoms with E-state index in [4.69, 9.17) is 4.74 Å². The highest BCUT2D eigenvalue weighted by atomic mass is 32.1. The molecule has 0 unspecified atom stereocenters. The van der Waals surface area contributed by atoms with Crippen LogP contribution in [-0.2, 0) is 27.2 Å². The lowest BCUT2D eigenvalue weighted by Gasteiger charge is -2.23. The van der Waals surface area contributed by atoms with Crippen LogP contribution in [0.5, 0.6) is 0 Å². The minimum absolute atomic E-state index is 0.0426. The molecule has 1 aromatic heterocycles. The van der Waals surface area contributed by atoms with Crippen molar-refractivity contribution in [2.45, 2.75) is 32.6 Å². The Hall–Kier alpha value is -2.15. The summed E-state index contributed by atoms with van der Waals surface area (Å²) in [6.07, 6.45) is 7.29. The van der Waals surface area contributed by atoms with Crippen LogP contribution in [0.3, 0.4) is 0 Å².